The van der Waals surface area contributed by atoms with Crippen molar-refractivity contribution in [3.63, 3.8) is 0 Å². The van der Waals surface area contributed by atoms with Crippen LogP contribution in [-0.2, 0) is 13.0 Å². The molecule has 2 fully saturated rings. The second-order valence-electron chi connectivity index (χ2n) is 11.1. The average Bonchev–Trinajstić information content (AvgIpc) is 3.70. The first-order valence-electron chi connectivity index (χ1n) is 16.4. The van der Waals surface area contributed by atoms with E-state index in [1.54, 1.807) is 17.4 Å². The van der Waals surface area contributed by atoms with E-state index < -0.39 is 0 Å². The molecule has 1 amide bonds. The van der Waals surface area contributed by atoms with E-state index in [2.05, 4.69) is 41.9 Å². The van der Waals surface area contributed by atoms with Gasteiger partial charge in [-0.3, -0.25) is 9.69 Å². The summed E-state index contributed by atoms with van der Waals surface area (Å²) in [6.07, 6.45) is 18.9. The van der Waals surface area contributed by atoms with Gasteiger partial charge in [-0.05, 0) is 88.8 Å². The van der Waals surface area contributed by atoms with Gasteiger partial charge in [-0.2, -0.15) is 0 Å². The molecule has 1 aliphatic carbocycles. The third kappa shape index (κ3) is 14.1. The minimum atomic E-state index is -0.371. The lowest BCUT2D eigenvalue weighted by Crippen LogP contribution is -2.32. The van der Waals surface area contributed by atoms with Gasteiger partial charge < -0.3 is 16.0 Å². The van der Waals surface area contributed by atoms with E-state index in [9.17, 15) is 4.79 Å². The van der Waals surface area contributed by atoms with Gasteiger partial charge in [0.25, 0.3) is 0 Å². The SMILES string of the molecule is C=C.CC.CC/C=C\c1c(C)cccc1C(N)=O.CN1CCCC1.N=Cc1nc2c(s1)CCN(CCC1CCCCC1)C2. The molecule has 3 N–H and O–H groups in total. The standard InChI is InChI=1S/C15H23N3S.C12H15NO.C5H11N.C2H6.C2H4/c16-10-15-17-13-11-18(9-7-14(13)19-15)8-6-12-4-2-1-3-5-12;1-3-4-7-10-9(2)6-5-8-11(10)12(13)14;1-6-4-2-3-5-6;2*1-2/h10,12,16H,1-9,11H2;4-8H,3H2,1-2H3,(H2,13,14);2-5H2,1H3;1-2H3;1-2H2/b;7-4-;;;. The van der Waals surface area contributed by atoms with Gasteiger partial charge in [0.1, 0.15) is 5.01 Å². The van der Waals surface area contributed by atoms with Crippen molar-refractivity contribution < 1.29 is 4.79 Å². The van der Waals surface area contributed by atoms with Gasteiger partial charge in [0.2, 0.25) is 5.91 Å². The smallest absolute Gasteiger partial charge is 0.249 e. The summed E-state index contributed by atoms with van der Waals surface area (Å²) in [5, 5.41) is 8.17. The van der Waals surface area contributed by atoms with Crippen molar-refractivity contribution in [2.75, 3.05) is 33.2 Å². The first-order chi connectivity index (χ1) is 20.9. The molecule has 43 heavy (non-hydrogen) atoms. The number of likely N-dealkylation sites (tertiary alicyclic amines) is 1. The Labute approximate surface area is 267 Å². The van der Waals surface area contributed by atoms with Crippen LogP contribution in [0.5, 0.6) is 0 Å². The number of nitrogens with one attached hydrogen (secondary N) is 1. The largest absolute Gasteiger partial charge is 0.366 e. The third-order valence-electron chi connectivity index (χ3n) is 7.96. The van der Waals surface area contributed by atoms with E-state index in [1.807, 2.05) is 45.1 Å². The molecule has 3 aliphatic rings. The van der Waals surface area contributed by atoms with E-state index in [4.69, 9.17) is 11.1 Å². The van der Waals surface area contributed by atoms with Crippen molar-refractivity contribution in [3.05, 3.63) is 69.7 Å². The molecule has 2 aliphatic heterocycles. The minimum Gasteiger partial charge on any atom is -0.366 e. The van der Waals surface area contributed by atoms with Crippen LogP contribution in [0.1, 0.15) is 116 Å². The second-order valence-corrected chi connectivity index (χ2v) is 12.2. The van der Waals surface area contributed by atoms with Gasteiger partial charge in [0.15, 0.2) is 0 Å². The molecule has 0 unspecified atom stereocenters. The van der Waals surface area contributed by atoms with Gasteiger partial charge in [-0.15, -0.1) is 24.5 Å². The zero-order chi connectivity index (χ0) is 32.0. The number of allylic oxidation sites excluding steroid dienone is 1. The fraction of sp³-hybridized carbons (Fsp3) is 0.583. The molecule has 7 heteroatoms. The van der Waals surface area contributed by atoms with Crippen molar-refractivity contribution in [1.29, 1.82) is 5.41 Å². The molecule has 0 atom stereocenters. The lowest BCUT2D eigenvalue weighted by Gasteiger charge is -2.29. The quantitative estimate of drug-likeness (QED) is 0.243. The zero-order valence-electron chi connectivity index (χ0n) is 27.8. The summed E-state index contributed by atoms with van der Waals surface area (Å²) in [7, 11) is 2.17. The number of aryl methyl sites for hydroxylation is 1. The number of fused-ring (bicyclic) bond motifs is 1. The van der Waals surface area contributed by atoms with Crippen LogP contribution in [0.15, 0.2) is 37.4 Å². The van der Waals surface area contributed by atoms with Gasteiger partial charge in [-0.25, -0.2) is 4.98 Å². The molecule has 0 radical (unpaired) electrons. The van der Waals surface area contributed by atoms with Crippen LogP contribution in [0.4, 0.5) is 0 Å². The topological polar surface area (TPSA) is 86.3 Å². The van der Waals surface area contributed by atoms with Crippen molar-refractivity contribution in [3.8, 4) is 0 Å². The summed E-state index contributed by atoms with van der Waals surface area (Å²) in [6, 6.07) is 5.57. The van der Waals surface area contributed by atoms with Crippen LogP contribution in [0.3, 0.4) is 0 Å². The van der Waals surface area contributed by atoms with E-state index in [0.717, 1.165) is 41.4 Å². The number of primary amides is 1. The molecule has 1 saturated heterocycles. The van der Waals surface area contributed by atoms with Crippen molar-refractivity contribution in [1.82, 2.24) is 14.8 Å². The van der Waals surface area contributed by atoms with Crippen LogP contribution in [-0.4, -0.2) is 60.1 Å². The Morgan fingerprint density at radius 3 is 2.35 bits per heavy atom. The Balaban J connectivity index is 0.000000337. The zero-order valence-corrected chi connectivity index (χ0v) is 28.6. The molecule has 2 aromatic rings. The van der Waals surface area contributed by atoms with E-state index in [-0.39, 0.29) is 5.91 Å². The molecule has 1 saturated carbocycles. The first kappa shape index (κ1) is 38.4. The van der Waals surface area contributed by atoms with Gasteiger partial charge in [0.05, 0.1) is 11.9 Å². The van der Waals surface area contributed by atoms with Gasteiger partial charge >= 0.3 is 0 Å². The number of nitrogens with two attached hydrogens (primary N) is 1. The highest BCUT2D eigenvalue weighted by Crippen LogP contribution is 2.28. The minimum absolute atomic E-state index is 0.371. The monoisotopic (exact) mass is 609 g/mol. The molecular formula is C36H59N5OS. The van der Waals surface area contributed by atoms with Crippen molar-refractivity contribution in [2.24, 2.45) is 11.7 Å². The molecule has 0 spiro atoms. The van der Waals surface area contributed by atoms with Crippen LogP contribution in [0.2, 0.25) is 0 Å². The number of benzene rings is 1. The average molecular weight is 610 g/mol. The maximum absolute atomic E-state index is 11.1. The lowest BCUT2D eigenvalue weighted by molar-refractivity contribution is 0.1000. The first-order valence-corrected chi connectivity index (χ1v) is 17.2. The predicted molar refractivity (Wildman–Crippen MR) is 189 cm³/mol. The number of carbonyl (C=O) groups is 1. The molecule has 1 aromatic heterocycles. The summed E-state index contributed by atoms with van der Waals surface area (Å²) in [6.45, 7) is 20.1. The van der Waals surface area contributed by atoms with Crippen molar-refractivity contribution >= 4 is 29.5 Å². The lowest BCUT2D eigenvalue weighted by atomic mass is 9.87. The third-order valence-corrected chi connectivity index (χ3v) is 9.07. The predicted octanol–water partition coefficient (Wildman–Crippen LogP) is 8.53. The fourth-order valence-corrected chi connectivity index (χ4v) is 6.48. The molecule has 1 aromatic carbocycles. The molecule has 5 rings (SSSR count). The van der Waals surface area contributed by atoms with Crippen LogP contribution in [0, 0.1) is 18.3 Å². The van der Waals surface area contributed by atoms with Crippen LogP contribution < -0.4 is 5.73 Å². The highest BCUT2D eigenvalue weighted by atomic mass is 32.1. The van der Waals surface area contributed by atoms with Gasteiger partial charge in [-0.1, -0.05) is 77.2 Å². The molecule has 240 valence electrons. The fourth-order valence-electron chi connectivity index (χ4n) is 5.59. The van der Waals surface area contributed by atoms with Crippen LogP contribution in [0.25, 0.3) is 6.08 Å². The Bertz CT molecular complexity index is 1080. The Morgan fingerprint density at radius 1 is 1.12 bits per heavy atom. The normalized spacial score (nSPS) is 16.7. The summed E-state index contributed by atoms with van der Waals surface area (Å²) in [5.74, 6) is 0.604. The number of hydrogen-bond acceptors (Lipinski definition) is 6. The number of thiazole rings is 1. The Hall–Kier alpha value is -2.61. The Morgan fingerprint density at radius 2 is 1.79 bits per heavy atom. The van der Waals surface area contributed by atoms with E-state index in [1.165, 1.54) is 94.3 Å². The molecule has 3 heterocycles. The highest BCUT2D eigenvalue weighted by molar-refractivity contribution is 7.13. The highest BCUT2D eigenvalue weighted by Gasteiger charge is 2.21. The number of hydrogen-bond donors (Lipinski definition) is 2. The van der Waals surface area contributed by atoms with Crippen LogP contribution >= 0.6 is 11.3 Å². The van der Waals surface area contributed by atoms with E-state index >= 15 is 0 Å². The summed E-state index contributed by atoms with van der Waals surface area (Å²) >= 11 is 1.70. The summed E-state index contributed by atoms with van der Waals surface area (Å²) in [5.41, 5.74) is 9.12. The maximum Gasteiger partial charge on any atom is 0.249 e. The van der Waals surface area contributed by atoms with E-state index in [0.29, 0.717) is 5.56 Å². The Kier molecular flexibility index (Phi) is 20.4. The number of rotatable bonds is 7. The maximum atomic E-state index is 11.1. The number of nitrogens with zero attached hydrogens (tertiary/aromatic N) is 3. The summed E-state index contributed by atoms with van der Waals surface area (Å²) in [4.78, 5) is 22.0. The second kappa shape index (κ2) is 22.9. The number of aromatic nitrogens is 1. The molecular weight excluding hydrogens is 550 g/mol. The number of carbonyl (C=O) groups excluding carboxylic acids is 1. The van der Waals surface area contributed by atoms with Crippen molar-refractivity contribution in [2.45, 2.75) is 98.4 Å². The van der Waals surface area contributed by atoms with Gasteiger partial charge in [0, 0.05) is 23.5 Å². The molecule has 6 nitrogen and oxygen atoms in total. The molecule has 0 bridgehead atoms. The number of amides is 1. The summed E-state index contributed by atoms with van der Waals surface area (Å²) < 4.78 is 0.